The second kappa shape index (κ2) is 6.62. The first-order valence-corrected chi connectivity index (χ1v) is 7.03. The van der Waals surface area contributed by atoms with Crippen LogP contribution in [0.3, 0.4) is 0 Å². The predicted octanol–water partition coefficient (Wildman–Crippen LogP) is 3.11. The Hall–Kier alpha value is -2.67. The SMILES string of the molecule is COc1ccc(CN(C)Cc2nnc(-c3ccco3)o2)cc1F. The van der Waals surface area contributed by atoms with Gasteiger partial charge in [0, 0.05) is 6.54 Å². The maximum absolute atomic E-state index is 13.7. The largest absolute Gasteiger partial charge is 0.494 e. The van der Waals surface area contributed by atoms with E-state index in [-0.39, 0.29) is 11.6 Å². The molecule has 0 aliphatic rings. The molecule has 0 saturated heterocycles. The summed E-state index contributed by atoms with van der Waals surface area (Å²) in [4.78, 5) is 1.95. The third-order valence-corrected chi connectivity index (χ3v) is 3.27. The molecule has 0 spiro atoms. The van der Waals surface area contributed by atoms with Gasteiger partial charge < -0.3 is 13.6 Å². The van der Waals surface area contributed by atoms with E-state index in [9.17, 15) is 4.39 Å². The first-order valence-electron chi connectivity index (χ1n) is 7.03. The van der Waals surface area contributed by atoms with Gasteiger partial charge in [-0.15, -0.1) is 10.2 Å². The Morgan fingerprint density at radius 1 is 1.22 bits per heavy atom. The number of aromatic nitrogens is 2. The molecule has 0 saturated carbocycles. The quantitative estimate of drug-likeness (QED) is 0.696. The molecule has 6 nitrogen and oxygen atoms in total. The smallest absolute Gasteiger partial charge is 0.283 e. The molecule has 120 valence electrons. The number of hydrogen-bond donors (Lipinski definition) is 0. The van der Waals surface area contributed by atoms with E-state index in [0.717, 1.165) is 5.56 Å². The van der Waals surface area contributed by atoms with Crippen molar-refractivity contribution in [1.29, 1.82) is 0 Å². The van der Waals surface area contributed by atoms with Gasteiger partial charge in [-0.3, -0.25) is 4.90 Å². The van der Waals surface area contributed by atoms with Crippen LogP contribution in [0.4, 0.5) is 4.39 Å². The van der Waals surface area contributed by atoms with Crippen LogP contribution >= 0.6 is 0 Å². The van der Waals surface area contributed by atoms with Crippen LogP contribution in [-0.2, 0) is 13.1 Å². The lowest BCUT2D eigenvalue weighted by Gasteiger charge is -2.14. The third-order valence-electron chi connectivity index (χ3n) is 3.27. The minimum absolute atomic E-state index is 0.233. The van der Waals surface area contributed by atoms with E-state index >= 15 is 0 Å². The molecule has 0 atom stereocenters. The Bertz CT molecular complexity index is 771. The van der Waals surface area contributed by atoms with Crippen LogP contribution < -0.4 is 4.74 Å². The van der Waals surface area contributed by atoms with Gasteiger partial charge in [0.2, 0.25) is 5.89 Å². The Morgan fingerprint density at radius 3 is 2.78 bits per heavy atom. The molecule has 0 unspecified atom stereocenters. The van der Waals surface area contributed by atoms with Gasteiger partial charge in [0.05, 0.1) is 19.9 Å². The van der Waals surface area contributed by atoms with E-state index in [1.165, 1.54) is 13.2 Å². The topological polar surface area (TPSA) is 64.5 Å². The number of hydrogen-bond acceptors (Lipinski definition) is 6. The fraction of sp³-hybridized carbons (Fsp3) is 0.250. The van der Waals surface area contributed by atoms with Gasteiger partial charge in [0.25, 0.3) is 5.89 Å². The van der Waals surface area contributed by atoms with Crippen LogP contribution in [0.25, 0.3) is 11.7 Å². The van der Waals surface area contributed by atoms with Crippen LogP contribution in [0.1, 0.15) is 11.5 Å². The second-order valence-corrected chi connectivity index (χ2v) is 5.12. The molecule has 0 amide bonds. The summed E-state index contributed by atoms with van der Waals surface area (Å²) in [6, 6.07) is 8.39. The van der Waals surface area contributed by atoms with Gasteiger partial charge in [0.1, 0.15) is 0 Å². The average Bonchev–Trinajstić information content (AvgIpc) is 3.18. The number of ether oxygens (including phenoxy) is 1. The zero-order valence-electron chi connectivity index (χ0n) is 12.8. The molecule has 2 aromatic heterocycles. The predicted molar refractivity (Wildman–Crippen MR) is 80.1 cm³/mol. The van der Waals surface area contributed by atoms with E-state index in [1.807, 2.05) is 18.0 Å². The van der Waals surface area contributed by atoms with Crippen molar-refractivity contribution >= 4 is 0 Å². The lowest BCUT2D eigenvalue weighted by Crippen LogP contribution is -2.17. The minimum atomic E-state index is -0.378. The highest BCUT2D eigenvalue weighted by Crippen LogP contribution is 2.20. The highest BCUT2D eigenvalue weighted by molar-refractivity contribution is 5.42. The highest BCUT2D eigenvalue weighted by atomic mass is 19.1. The van der Waals surface area contributed by atoms with E-state index in [1.54, 1.807) is 24.5 Å². The average molecular weight is 317 g/mol. The number of nitrogens with zero attached hydrogens (tertiary/aromatic N) is 3. The zero-order valence-corrected chi connectivity index (χ0v) is 12.8. The molecule has 3 rings (SSSR count). The second-order valence-electron chi connectivity index (χ2n) is 5.12. The molecular formula is C16H16FN3O3. The maximum Gasteiger partial charge on any atom is 0.283 e. The van der Waals surface area contributed by atoms with E-state index in [4.69, 9.17) is 13.6 Å². The van der Waals surface area contributed by atoms with Gasteiger partial charge in [-0.1, -0.05) is 6.07 Å². The first kappa shape index (κ1) is 15.2. The van der Waals surface area contributed by atoms with Crippen molar-refractivity contribution < 1.29 is 18.0 Å². The number of rotatable bonds is 6. The fourth-order valence-corrected chi connectivity index (χ4v) is 2.22. The molecule has 7 heteroatoms. The van der Waals surface area contributed by atoms with Crippen molar-refractivity contribution in [2.45, 2.75) is 13.1 Å². The molecule has 0 N–H and O–H groups in total. The summed E-state index contributed by atoms with van der Waals surface area (Å²) in [5.41, 5.74) is 0.830. The van der Waals surface area contributed by atoms with Gasteiger partial charge in [-0.2, -0.15) is 0 Å². The normalized spacial score (nSPS) is 11.1. The maximum atomic E-state index is 13.7. The van der Waals surface area contributed by atoms with Crippen molar-refractivity contribution in [1.82, 2.24) is 15.1 Å². The molecule has 23 heavy (non-hydrogen) atoms. The Morgan fingerprint density at radius 2 is 2.09 bits per heavy atom. The van der Waals surface area contributed by atoms with Crippen molar-refractivity contribution in [2.24, 2.45) is 0 Å². The number of halogens is 1. The fourth-order valence-electron chi connectivity index (χ4n) is 2.22. The third kappa shape index (κ3) is 3.57. The molecule has 2 heterocycles. The number of methoxy groups -OCH3 is 1. The first-order chi connectivity index (χ1) is 11.2. The Labute approximate surface area is 132 Å². The summed E-state index contributed by atoms with van der Waals surface area (Å²) < 4.78 is 29.4. The lowest BCUT2D eigenvalue weighted by molar-refractivity contribution is 0.281. The molecular weight excluding hydrogens is 301 g/mol. The number of benzene rings is 1. The van der Waals surface area contributed by atoms with E-state index in [2.05, 4.69) is 10.2 Å². The minimum Gasteiger partial charge on any atom is -0.494 e. The zero-order chi connectivity index (χ0) is 16.2. The summed E-state index contributed by atoms with van der Waals surface area (Å²) in [7, 11) is 3.33. The van der Waals surface area contributed by atoms with Crippen molar-refractivity contribution in [3.8, 4) is 17.4 Å². The number of furan rings is 1. The van der Waals surface area contributed by atoms with Crippen LogP contribution in [0.5, 0.6) is 5.75 Å². The van der Waals surface area contributed by atoms with E-state index < -0.39 is 0 Å². The van der Waals surface area contributed by atoms with E-state index in [0.29, 0.717) is 30.6 Å². The Kier molecular flexibility index (Phi) is 4.38. The summed E-state index contributed by atoms with van der Waals surface area (Å²) in [6.45, 7) is 0.987. The molecule has 0 bridgehead atoms. The summed E-state index contributed by atoms with van der Waals surface area (Å²) in [5, 5.41) is 7.93. The molecule has 0 aliphatic heterocycles. The monoisotopic (exact) mass is 317 g/mol. The van der Waals surface area contributed by atoms with Gasteiger partial charge >= 0.3 is 0 Å². The Balaban J connectivity index is 1.63. The van der Waals surface area contributed by atoms with Crippen molar-refractivity contribution in [3.63, 3.8) is 0 Å². The molecule has 3 aromatic rings. The summed E-state index contributed by atoms with van der Waals surface area (Å²) in [5.74, 6) is 1.19. The van der Waals surface area contributed by atoms with Crippen molar-refractivity contribution in [2.75, 3.05) is 14.2 Å². The van der Waals surface area contributed by atoms with Crippen LogP contribution in [-0.4, -0.2) is 29.3 Å². The van der Waals surface area contributed by atoms with Crippen LogP contribution in [0.2, 0.25) is 0 Å². The van der Waals surface area contributed by atoms with Gasteiger partial charge in [-0.25, -0.2) is 4.39 Å². The molecule has 0 radical (unpaired) electrons. The molecule has 0 fully saturated rings. The van der Waals surface area contributed by atoms with Crippen LogP contribution in [0.15, 0.2) is 45.4 Å². The molecule has 1 aromatic carbocycles. The highest BCUT2D eigenvalue weighted by Gasteiger charge is 2.13. The van der Waals surface area contributed by atoms with Gasteiger partial charge in [-0.05, 0) is 36.9 Å². The molecule has 0 aliphatic carbocycles. The lowest BCUT2D eigenvalue weighted by atomic mass is 10.2. The summed E-state index contributed by atoms with van der Waals surface area (Å²) in [6.07, 6.45) is 1.55. The summed E-state index contributed by atoms with van der Waals surface area (Å²) >= 11 is 0. The standard InChI is InChI=1S/C16H16FN3O3/c1-20(9-11-5-6-13(21-2)12(17)8-11)10-15-18-19-16(23-15)14-4-3-7-22-14/h3-8H,9-10H2,1-2H3. The van der Waals surface area contributed by atoms with Crippen molar-refractivity contribution in [3.05, 3.63) is 53.9 Å². The van der Waals surface area contributed by atoms with Crippen LogP contribution in [0, 0.1) is 5.82 Å². The van der Waals surface area contributed by atoms with Gasteiger partial charge in [0.15, 0.2) is 17.3 Å².